The van der Waals surface area contributed by atoms with Gasteiger partial charge in [-0.05, 0) is 42.3 Å². The number of hydrogen-bond donors (Lipinski definition) is 1. The highest BCUT2D eigenvalue weighted by atomic mass is 35.5. The molecule has 0 saturated heterocycles. The van der Waals surface area contributed by atoms with Crippen LogP contribution in [0.4, 0.5) is 0 Å². The highest BCUT2D eigenvalue weighted by Gasteiger charge is 2.13. The Morgan fingerprint density at radius 3 is 2.69 bits per heavy atom. The van der Waals surface area contributed by atoms with Crippen molar-refractivity contribution in [2.45, 2.75) is 31.6 Å². The zero-order valence-electron chi connectivity index (χ0n) is 16.3. The molecule has 1 N–H and O–H groups in total. The van der Waals surface area contributed by atoms with Gasteiger partial charge in [0.05, 0.1) is 23.8 Å². The van der Waals surface area contributed by atoms with E-state index in [1.54, 1.807) is 29.9 Å². The fraction of sp³-hybridized carbons (Fsp3) is 0.286. The molecule has 0 aliphatic rings. The van der Waals surface area contributed by atoms with Crippen LogP contribution in [0.1, 0.15) is 18.9 Å². The number of carbonyl (C=O) groups is 1. The molecule has 0 bridgehead atoms. The van der Waals surface area contributed by atoms with Crippen LogP contribution in [-0.4, -0.2) is 28.3 Å². The molecule has 6 nitrogen and oxygen atoms in total. The summed E-state index contributed by atoms with van der Waals surface area (Å²) in [5.74, 6) is 0.805. The molecule has 8 heteroatoms. The van der Waals surface area contributed by atoms with E-state index in [1.807, 2.05) is 31.2 Å². The Bertz CT molecular complexity index is 1070. The molecule has 0 spiro atoms. The topological polar surface area (TPSA) is 73.2 Å². The van der Waals surface area contributed by atoms with E-state index >= 15 is 0 Å². The molecule has 2 aromatic carbocycles. The molecule has 152 valence electrons. The van der Waals surface area contributed by atoms with Gasteiger partial charge in [-0.3, -0.25) is 14.2 Å². The summed E-state index contributed by atoms with van der Waals surface area (Å²) in [4.78, 5) is 29.7. The Labute approximate surface area is 178 Å². The largest absolute Gasteiger partial charge is 0.497 e. The van der Waals surface area contributed by atoms with Gasteiger partial charge in [0.15, 0.2) is 5.16 Å². The smallest absolute Gasteiger partial charge is 0.262 e. The lowest BCUT2D eigenvalue weighted by atomic mass is 10.2. The molecule has 0 saturated carbocycles. The summed E-state index contributed by atoms with van der Waals surface area (Å²) in [6.45, 7) is 2.96. The molecule has 0 aliphatic heterocycles. The number of nitrogens with one attached hydrogen (secondary N) is 1. The van der Waals surface area contributed by atoms with E-state index in [1.165, 1.54) is 11.8 Å². The third kappa shape index (κ3) is 5.31. The van der Waals surface area contributed by atoms with Crippen LogP contribution in [0.5, 0.6) is 5.75 Å². The van der Waals surface area contributed by atoms with Gasteiger partial charge in [0.1, 0.15) is 5.75 Å². The molecule has 0 atom stereocenters. The molecular formula is C21H22ClN3O3S. The van der Waals surface area contributed by atoms with Gasteiger partial charge in [0.2, 0.25) is 5.91 Å². The molecule has 3 aromatic rings. The number of methoxy groups -OCH3 is 1. The summed E-state index contributed by atoms with van der Waals surface area (Å²) in [5.41, 5.74) is 1.40. The maximum absolute atomic E-state index is 12.8. The van der Waals surface area contributed by atoms with E-state index in [4.69, 9.17) is 16.3 Å². The number of rotatable bonds is 8. The van der Waals surface area contributed by atoms with E-state index in [0.717, 1.165) is 17.7 Å². The van der Waals surface area contributed by atoms with Crippen molar-refractivity contribution in [1.82, 2.24) is 14.9 Å². The van der Waals surface area contributed by atoms with Crippen LogP contribution >= 0.6 is 23.4 Å². The van der Waals surface area contributed by atoms with Crippen molar-refractivity contribution in [2.24, 2.45) is 0 Å². The Kier molecular flexibility index (Phi) is 7.17. The van der Waals surface area contributed by atoms with Crippen LogP contribution in [0.25, 0.3) is 10.9 Å². The summed E-state index contributed by atoms with van der Waals surface area (Å²) in [7, 11) is 1.61. The molecule has 1 aromatic heterocycles. The number of fused-ring (bicyclic) bond motifs is 1. The predicted octanol–water partition coefficient (Wildman–Crippen LogP) is 3.88. The fourth-order valence-electron chi connectivity index (χ4n) is 2.83. The van der Waals surface area contributed by atoms with Crippen LogP contribution in [0.3, 0.4) is 0 Å². The Morgan fingerprint density at radius 1 is 1.24 bits per heavy atom. The van der Waals surface area contributed by atoms with Crippen molar-refractivity contribution in [3.05, 3.63) is 63.4 Å². The second-order valence-corrected chi connectivity index (χ2v) is 7.81. The van der Waals surface area contributed by atoms with Gasteiger partial charge in [-0.1, -0.05) is 42.4 Å². The first-order chi connectivity index (χ1) is 14.0. The number of amides is 1. The average molecular weight is 432 g/mol. The summed E-state index contributed by atoms with van der Waals surface area (Å²) in [6, 6.07) is 12.5. The SMILES string of the molecule is CCCn1c(SCC(=O)NCc2ccc(OC)cc2)nc2cc(Cl)ccc2c1=O. The Hall–Kier alpha value is -2.51. The van der Waals surface area contributed by atoms with E-state index < -0.39 is 0 Å². The Morgan fingerprint density at radius 2 is 2.00 bits per heavy atom. The minimum Gasteiger partial charge on any atom is -0.497 e. The number of thioether (sulfide) groups is 1. The molecule has 0 aliphatic carbocycles. The second-order valence-electron chi connectivity index (χ2n) is 6.43. The van der Waals surface area contributed by atoms with Gasteiger partial charge >= 0.3 is 0 Å². The van der Waals surface area contributed by atoms with E-state index in [-0.39, 0.29) is 17.2 Å². The molecule has 1 heterocycles. The summed E-state index contributed by atoms with van der Waals surface area (Å²) in [5, 5.41) is 4.45. The highest BCUT2D eigenvalue weighted by Crippen LogP contribution is 2.20. The fourth-order valence-corrected chi connectivity index (χ4v) is 3.85. The van der Waals surface area contributed by atoms with Gasteiger partial charge in [-0.25, -0.2) is 4.98 Å². The molecule has 0 radical (unpaired) electrons. The standard InChI is InChI=1S/C21H22ClN3O3S/c1-3-10-25-20(27)17-9-6-15(22)11-18(17)24-21(25)29-13-19(26)23-12-14-4-7-16(28-2)8-5-14/h4-9,11H,3,10,12-13H2,1-2H3,(H,23,26). The first-order valence-corrected chi connectivity index (χ1v) is 10.6. The number of nitrogens with zero attached hydrogens (tertiary/aromatic N) is 2. The van der Waals surface area contributed by atoms with Crippen LogP contribution < -0.4 is 15.6 Å². The summed E-state index contributed by atoms with van der Waals surface area (Å²) in [6.07, 6.45) is 0.790. The normalized spacial score (nSPS) is 10.9. The highest BCUT2D eigenvalue weighted by molar-refractivity contribution is 7.99. The molecule has 1 amide bonds. The summed E-state index contributed by atoms with van der Waals surface area (Å²) >= 11 is 7.29. The van der Waals surface area contributed by atoms with Gasteiger partial charge in [0.25, 0.3) is 5.56 Å². The quantitative estimate of drug-likeness (QED) is 0.433. The maximum atomic E-state index is 12.8. The third-order valence-corrected chi connectivity index (χ3v) is 5.52. The van der Waals surface area contributed by atoms with E-state index in [9.17, 15) is 9.59 Å². The molecule has 0 fully saturated rings. The zero-order valence-corrected chi connectivity index (χ0v) is 17.8. The van der Waals surface area contributed by atoms with Crippen LogP contribution in [-0.2, 0) is 17.9 Å². The lowest BCUT2D eigenvalue weighted by molar-refractivity contribution is -0.118. The number of carbonyl (C=O) groups excluding carboxylic acids is 1. The van der Waals surface area contributed by atoms with E-state index in [2.05, 4.69) is 10.3 Å². The maximum Gasteiger partial charge on any atom is 0.262 e. The minimum absolute atomic E-state index is 0.116. The minimum atomic E-state index is -0.130. The van der Waals surface area contributed by atoms with E-state index in [0.29, 0.717) is 34.2 Å². The van der Waals surface area contributed by atoms with Gasteiger partial charge in [-0.2, -0.15) is 0 Å². The summed E-state index contributed by atoms with van der Waals surface area (Å²) < 4.78 is 6.75. The lowest BCUT2D eigenvalue weighted by Gasteiger charge is -2.12. The second kappa shape index (κ2) is 9.80. The van der Waals surface area contributed by atoms with Crippen molar-refractivity contribution in [1.29, 1.82) is 0 Å². The predicted molar refractivity (Wildman–Crippen MR) is 117 cm³/mol. The molecule has 3 rings (SSSR count). The van der Waals surface area contributed by atoms with Crippen LogP contribution in [0, 0.1) is 0 Å². The number of halogens is 1. The molecular weight excluding hydrogens is 410 g/mol. The number of hydrogen-bond acceptors (Lipinski definition) is 5. The monoisotopic (exact) mass is 431 g/mol. The number of ether oxygens (including phenoxy) is 1. The lowest BCUT2D eigenvalue weighted by Crippen LogP contribution is -2.26. The third-order valence-electron chi connectivity index (χ3n) is 4.31. The van der Waals surface area contributed by atoms with Crippen molar-refractivity contribution in [2.75, 3.05) is 12.9 Å². The van der Waals surface area contributed by atoms with Gasteiger partial charge in [0, 0.05) is 18.1 Å². The van der Waals surface area contributed by atoms with Crippen LogP contribution in [0.15, 0.2) is 52.4 Å². The van der Waals surface area contributed by atoms with Crippen molar-refractivity contribution < 1.29 is 9.53 Å². The van der Waals surface area contributed by atoms with Crippen LogP contribution in [0.2, 0.25) is 5.02 Å². The first kappa shape index (κ1) is 21.2. The van der Waals surface area contributed by atoms with Crippen molar-refractivity contribution >= 4 is 40.2 Å². The van der Waals surface area contributed by atoms with Gasteiger partial charge in [-0.15, -0.1) is 0 Å². The zero-order chi connectivity index (χ0) is 20.8. The number of benzene rings is 2. The van der Waals surface area contributed by atoms with Crippen molar-refractivity contribution in [3.8, 4) is 5.75 Å². The number of aromatic nitrogens is 2. The first-order valence-electron chi connectivity index (χ1n) is 9.24. The molecule has 0 unspecified atom stereocenters. The molecule has 29 heavy (non-hydrogen) atoms. The van der Waals surface area contributed by atoms with Gasteiger partial charge < -0.3 is 10.1 Å². The van der Waals surface area contributed by atoms with Crippen molar-refractivity contribution in [3.63, 3.8) is 0 Å². The average Bonchev–Trinajstić information content (AvgIpc) is 2.73. The Balaban J connectivity index is 1.70.